The maximum absolute atomic E-state index is 2.67. The summed E-state index contributed by atoms with van der Waals surface area (Å²) in [6, 6.07) is 29.7. The van der Waals surface area contributed by atoms with E-state index in [1.807, 2.05) is 0 Å². The summed E-state index contributed by atoms with van der Waals surface area (Å²) < 4.78 is 0. The first-order valence-electron chi connectivity index (χ1n) is 20.6. The Morgan fingerprint density at radius 3 is 1.06 bits per heavy atom. The molecule has 0 fully saturated rings. The fourth-order valence-electron chi connectivity index (χ4n) is 8.98. The summed E-state index contributed by atoms with van der Waals surface area (Å²) >= 11 is 0. The third-order valence-electron chi connectivity index (χ3n) is 12.3. The van der Waals surface area contributed by atoms with Crippen molar-refractivity contribution in [3.63, 3.8) is 0 Å². The molecule has 0 radical (unpaired) electrons. The van der Waals surface area contributed by atoms with Crippen molar-refractivity contribution in [2.45, 2.75) is 131 Å². The minimum absolute atomic E-state index is 0.0728. The summed E-state index contributed by atoms with van der Waals surface area (Å²) in [5.41, 5.74) is 15.1. The van der Waals surface area contributed by atoms with Gasteiger partial charge >= 0.3 is 0 Å². The van der Waals surface area contributed by atoms with Crippen LogP contribution >= 0.6 is 0 Å². The van der Waals surface area contributed by atoms with Crippen LogP contribution in [0.3, 0.4) is 0 Å². The molecule has 0 unspecified atom stereocenters. The molecule has 0 spiro atoms. The normalized spacial score (nSPS) is 15.0. The highest BCUT2D eigenvalue weighted by Crippen LogP contribution is 2.53. The molecule has 0 saturated heterocycles. The van der Waals surface area contributed by atoms with Gasteiger partial charge in [-0.3, -0.25) is 0 Å². The Balaban J connectivity index is 1.49. The molecule has 4 aromatic rings. The Morgan fingerprint density at radius 1 is 0.453 bits per heavy atom. The monoisotopic (exact) mass is 768 g/mol. The molecule has 53 heavy (non-hydrogen) atoms. The Morgan fingerprint density at radius 2 is 0.774 bits per heavy atom. The van der Waals surface area contributed by atoms with Gasteiger partial charge in [0.05, 0.1) is 32.3 Å². The fourth-order valence-corrected chi connectivity index (χ4v) is 14.0. The molecule has 0 aromatic heterocycles. The Hall–Kier alpha value is -2.77. The quantitative estimate of drug-likeness (QED) is 0.126. The van der Waals surface area contributed by atoms with Crippen LogP contribution in [0, 0.1) is 5.41 Å². The van der Waals surface area contributed by atoms with E-state index in [-0.39, 0.29) is 5.41 Å². The van der Waals surface area contributed by atoms with Crippen molar-refractivity contribution in [1.29, 1.82) is 0 Å². The van der Waals surface area contributed by atoms with E-state index in [9.17, 15) is 0 Å². The SMILES string of the molecule is CCCC(CCC)(C1=Cc2c(cccc2-c2cc([Si](C)(C)C)cc([Si](C)(C)C)c2)C1)C1=Cc2c(cccc2-c2cc([Si](C)(C)C)cc([Si](C)(C)C)c2)C1. The van der Waals surface area contributed by atoms with Crippen LogP contribution in [0.5, 0.6) is 0 Å². The Bertz CT molecular complexity index is 1870. The van der Waals surface area contributed by atoms with Gasteiger partial charge in [0, 0.05) is 5.41 Å². The molecule has 0 nitrogen and oxygen atoms in total. The van der Waals surface area contributed by atoms with Crippen LogP contribution in [0.25, 0.3) is 34.4 Å². The van der Waals surface area contributed by atoms with Crippen LogP contribution in [0.15, 0.2) is 83.9 Å². The van der Waals surface area contributed by atoms with Crippen molar-refractivity contribution in [2.24, 2.45) is 5.41 Å². The van der Waals surface area contributed by atoms with Crippen LogP contribution in [-0.4, -0.2) is 32.3 Å². The van der Waals surface area contributed by atoms with E-state index in [0.29, 0.717) is 0 Å². The van der Waals surface area contributed by atoms with Crippen LogP contribution in [0.4, 0.5) is 0 Å². The lowest BCUT2D eigenvalue weighted by Gasteiger charge is -2.37. The van der Waals surface area contributed by atoms with Crippen LogP contribution < -0.4 is 20.7 Å². The minimum Gasteiger partial charge on any atom is -0.0656 e. The molecule has 4 heteroatoms. The standard InChI is InChI=1S/C49H68Si4/c1-15-23-49(24-16-2,39-25-35-19-17-21-45(47(35)31-39)37-27-41(50(3,4)5)33-42(28-37)51(6,7)8)40-26-36-20-18-22-46(48(36)32-40)38-29-43(52(9,10)11)34-44(30-38)53(12,13)14/h17-22,27-34H,15-16,23-26H2,1-14H3. The molecule has 280 valence electrons. The predicted molar refractivity (Wildman–Crippen MR) is 251 cm³/mol. The zero-order chi connectivity index (χ0) is 38.7. The van der Waals surface area contributed by atoms with Gasteiger partial charge in [0.1, 0.15) is 0 Å². The number of fused-ring (bicyclic) bond motifs is 2. The third kappa shape index (κ3) is 7.99. The average molecular weight is 769 g/mol. The smallest absolute Gasteiger partial charge is 0.0656 e. The molecular weight excluding hydrogens is 701 g/mol. The van der Waals surface area contributed by atoms with Gasteiger partial charge < -0.3 is 0 Å². The van der Waals surface area contributed by atoms with Crippen molar-refractivity contribution in [3.05, 3.63) is 106 Å². The summed E-state index contributed by atoms with van der Waals surface area (Å²) in [6.07, 6.45) is 12.3. The summed E-state index contributed by atoms with van der Waals surface area (Å²) in [5, 5.41) is 6.37. The van der Waals surface area contributed by atoms with Gasteiger partial charge in [0.25, 0.3) is 0 Å². The minimum atomic E-state index is -1.50. The van der Waals surface area contributed by atoms with Gasteiger partial charge in [0.15, 0.2) is 0 Å². The van der Waals surface area contributed by atoms with Gasteiger partial charge in [-0.2, -0.15) is 0 Å². The number of allylic oxidation sites excluding steroid dienone is 2. The Kier molecular flexibility index (Phi) is 10.8. The van der Waals surface area contributed by atoms with E-state index in [1.54, 1.807) is 31.9 Å². The maximum Gasteiger partial charge on any atom is 0.0776 e. The van der Waals surface area contributed by atoms with Crippen molar-refractivity contribution in [3.8, 4) is 22.3 Å². The molecule has 6 rings (SSSR count). The second-order valence-electron chi connectivity index (χ2n) is 20.6. The number of hydrogen-bond donors (Lipinski definition) is 0. The zero-order valence-electron chi connectivity index (χ0n) is 35.8. The second kappa shape index (κ2) is 14.4. The summed E-state index contributed by atoms with van der Waals surface area (Å²) in [4.78, 5) is 0. The van der Waals surface area contributed by atoms with Gasteiger partial charge in [-0.25, -0.2) is 0 Å². The highest BCUT2D eigenvalue weighted by atomic mass is 28.3. The summed E-state index contributed by atoms with van der Waals surface area (Å²) in [5.74, 6) is 0. The van der Waals surface area contributed by atoms with Gasteiger partial charge in [-0.1, -0.05) is 222 Å². The van der Waals surface area contributed by atoms with Gasteiger partial charge in [0.2, 0.25) is 0 Å². The van der Waals surface area contributed by atoms with Crippen LogP contribution in [0.1, 0.15) is 61.8 Å². The van der Waals surface area contributed by atoms with E-state index < -0.39 is 32.3 Å². The van der Waals surface area contributed by atoms with E-state index >= 15 is 0 Å². The molecule has 0 aliphatic heterocycles. The molecule has 0 atom stereocenters. The largest absolute Gasteiger partial charge is 0.0776 e. The van der Waals surface area contributed by atoms with Crippen molar-refractivity contribution in [2.75, 3.05) is 0 Å². The fraction of sp³-hybridized carbons (Fsp3) is 0.429. The van der Waals surface area contributed by atoms with E-state index in [4.69, 9.17) is 0 Å². The maximum atomic E-state index is 2.67. The lowest BCUT2D eigenvalue weighted by atomic mass is 9.66. The Labute approximate surface area is 328 Å². The summed E-state index contributed by atoms with van der Waals surface area (Å²) in [6.45, 7) is 34.9. The molecule has 2 aliphatic rings. The van der Waals surface area contributed by atoms with Gasteiger partial charge in [-0.05, 0) is 70.2 Å². The molecule has 0 amide bonds. The lowest BCUT2D eigenvalue weighted by molar-refractivity contribution is 0.349. The van der Waals surface area contributed by atoms with Crippen LogP contribution in [0.2, 0.25) is 78.6 Å². The zero-order valence-corrected chi connectivity index (χ0v) is 39.8. The van der Waals surface area contributed by atoms with Crippen molar-refractivity contribution in [1.82, 2.24) is 0 Å². The van der Waals surface area contributed by atoms with E-state index in [0.717, 1.165) is 12.8 Å². The highest BCUT2D eigenvalue weighted by Gasteiger charge is 2.41. The molecular formula is C49H68Si4. The average Bonchev–Trinajstić information content (AvgIpc) is 3.72. The topological polar surface area (TPSA) is 0 Å². The first-order chi connectivity index (χ1) is 24.7. The first kappa shape index (κ1) is 39.9. The number of benzene rings is 4. The van der Waals surface area contributed by atoms with E-state index in [1.165, 1.54) is 70.2 Å². The number of hydrogen-bond acceptors (Lipinski definition) is 0. The predicted octanol–water partition coefficient (Wildman–Crippen LogP) is 12.4. The number of rotatable bonds is 12. The lowest BCUT2D eigenvalue weighted by Crippen LogP contribution is -2.45. The molecule has 0 saturated carbocycles. The molecule has 0 heterocycles. The molecule has 0 N–H and O–H groups in total. The third-order valence-corrected chi connectivity index (χ3v) is 20.4. The van der Waals surface area contributed by atoms with Crippen molar-refractivity contribution < 1.29 is 0 Å². The van der Waals surface area contributed by atoms with E-state index in [2.05, 4.69) is 177 Å². The summed E-state index contributed by atoms with van der Waals surface area (Å²) in [7, 11) is -5.99. The highest BCUT2D eigenvalue weighted by molar-refractivity contribution is 6.92. The second-order valence-corrected chi connectivity index (χ2v) is 40.9. The molecule has 4 aromatic carbocycles. The first-order valence-corrected chi connectivity index (χ1v) is 34.6. The van der Waals surface area contributed by atoms with Crippen LogP contribution in [-0.2, 0) is 12.8 Å². The molecule has 0 bridgehead atoms. The van der Waals surface area contributed by atoms with Crippen molar-refractivity contribution >= 4 is 65.2 Å². The molecule has 2 aliphatic carbocycles. The van der Waals surface area contributed by atoms with Gasteiger partial charge in [-0.15, -0.1) is 0 Å².